The van der Waals surface area contributed by atoms with Crippen molar-refractivity contribution < 1.29 is 14.3 Å². The van der Waals surface area contributed by atoms with Crippen molar-refractivity contribution in [2.24, 2.45) is 11.8 Å². The highest BCUT2D eigenvalue weighted by atomic mass is 16.5. The fourth-order valence-electron chi connectivity index (χ4n) is 4.09. The minimum absolute atomic E-state index is 0.170. The van der Waals surface area contributed by atoms with Crippen LogP contribution in [0, 0.1) is 11.8 Å². The Bertz CT molecular complexity index is 437. The van der Waals surface area contributed by atoms with Crippen molar-refractivity contribution >= 4 is 11.8 Å². The zero-order chi connectivity index (χ0) is 16.2. The second kappa shape index (κ2) is 7.62. The fourth-order valence-corrected chi connectivity index (χ4v) is 4.09. The van der Waals surface area contributed by atoms with E-state index in [0.717, 1.165) is 71.9 Å². The van der Waals surface area contributed by atoms with Gasteiger partial charge in [0.2, 0.25) is 11.8 Å². The Labute approximate surface area is 138 Å². The lowest BCUT2D eigenvalue weighted by atomic mass is 9.82. The SMILES string of the molecule is CC(=O)N1CCC2CC(=O)N(CCN3CCOCC3)CCC2C1. The van der Waals surface area contributed by atoms with Crippen LogP contribution >= 0.6 is 0 Å². The average Bonchev–Trinajstić information content (AvgIpc) is 2.71. The van der Waals surface area contributed by atoms with E-state index < -0.39 is 0 Å². The molecule has 0 aromatic rings. The molecule has 0 aromatic heterocycles. The van der Waals surface area contributed by atoms with Gasteiger partial charge < -0.3 is 14.5 Å². The van der Waals surface area contributed by atoms with Crippen LogP contribution in [-0.4, -0.2) is 85.5 Å². The van der Waals surface area contributed by atoms with Gasteiger partial charge in [-0.2, -0.15) is 0 Å². The number of hydrogen-bond acceptors (Lipinski definition) is 4. The molecule has 2 unspecified atom stereocenters. The molecule has 3 aliphatic heterocycles. The first kappa shape index (κ1) is 16.7. The molecule has 3 rings (SSSR count). The number of piperidine rings is 1. The highest BCUT2D eigenvalue weighted by molar-refractivity contribution is 5.77. The van der Waals surface area contributed by atoms with Gasteiger partial charge in [0.1, 0.15) is 0 Å². The Morgan fingerprint density at radius 1 is 1.09 bits per heavy atom. The van der Waals surface area contributed by atoms with Gasteiger partial charge in [-0.3, -0.25) is 14.5 Å². The maximum atomic E-state index is 12.6. The number of nitrogens with zero attached hydrogens (tertiary/aromatic N) is 3. The molecule has 6 nitrogen and oxygen atoms in total. The third-order valence-corrected chi connectivity index (χ3v) is 5.69. The van der Waals surface area contributed by atoms with Gasteiger partial charge in [0, 0.05) is 59.2 Å². The van der Waals surface area contributed by atoms with Gasteiger partial charge in [-0.05, 0) is 24.7 Å². The molecule has 2 amide bonds. The number of carbonyl (C=O) groups excluding carboxylic acids is 2. The monoisotopic (exact) mass is 323 g/mol. The van der Waals surface area contributed by atoms with Crippen LogP contribution in [0.3, 0.4) is 0 Å². The highest BCUT2D eigenvalue weighted by Gasteiger charge is 2.35. The zero-order valence-corrected chi connectivity index (χ0v) is 14.2. The summed E-state index contributed by atoms with van der Waals surface area (Å²) in [7, 11) is 0. The Morgan fingerprint density at radius 3 is 2.57 bits per heavy atom. The Kier molecular flexibility index (Phi) is 5.54. The van der Waals surface area contributed by atoms with Crippen molar-refractivity contribution in [1.29, 1.82) is 0 Å². The van der Waals surface area contributed by atoms with E-state index in [0.29, 0.717) is 24.2 Å². The van der Waals surface area contributed by atoms with Crippen LogP contribution < -0.4 is 0 Å². The third-order valence-electron chi connectivity index (χ3n) is 5.69. The number of morpholine rings is 1. The third kappa shape index (κ3) is 4.23. The summed E-state index contributed by atoms with van der Waals surface area (Å²) in [6.45, 7) is 9.48. The molecule has 0 aliphatic carbocycles. The summed E-state index contributed by atoms with van der Waals surface area (Å²) in [5, 5.41) is 0. The van der Waals surface area contributed by atoms with Crippen LogP contribution in [0.25, 0.3) is 0 Å². The molecule has 0 spiro atoms. The quantitative estimate of drug-likeness (QED) is 0.756. The molecule has 23 heavy (non-hydrogen) atoms. The lowest BCUT2D eigenvalue weighted by Crippen LogP contribution is -2.43. The van der Waals surface area contributed by atoms with Crippen LogP contribution in [0.1, 0.15) is 26.2 Å². The second-order valence-electron chi connectivity index (χ2n) is 7.10. The topological polar surface area (TPSA) is 53.1 Å². The molecule has 0 aromatic carbocycles. The molecule has 3 saturated heterocycles. The molecule has 0 bridgehead atoms. The zero-order valence-electron chi connectivity index (χ0n) is 14.2. The number of carbonyl (C=O) groups is 2. The number of likely N-dealkylation sites (tertiary alicyclic amines) is 2. The lowest BCUT2D eigenvalue weighted by molar-refractivity contribution is -0.132. The van der Waals surface area contributed by atoms with E-state index in [9.17, 15) is 9.59 Å². The predicted molar refractivity (Wildman–Crippen MR) is 86.9 cm³/mol. The van der Waals surface area contributed by atoms with E-state index in [-0.39, 0.29) is 5.91 Å². The second-order valence-corrected chi connectivity index (χ2v) is 7.10. The van der Waals surface area contributed by atoms with Crippen LogP contribution in [0.2, 0.25) is 0 Å². The summed E-state index contributed by atoms with van der Waals surface area (Å²) >= 11 is 0. The number of amides is 2. The van der Waals surface area contributed by atoms with Gasteiger partial charge >= 0.3 is 0 Å². The maximum absolute atomic E-state index is 12.6. The van der Waals surface area contributed by atoms with Crippen LogP contribution in [-0.2, 0) is 14.3 Å². The van der Waals surface area contributed by atoms with Crippen molar-refractivity contribution in [3.8, 4) is 0 Å². The smallest absolute Gasteiger partial charge is 0.222 e. The number of rotatable bonds is 3. The van der Waals surface area contributed by atoms with Gasteiger partial charge in [0.15, 0.2) is 0 Å². The predicted octanol–water partition coefficient (Wildman–Crippen LogP) is 0.426. The molecule has 0 N–H and O–H groups in total. The molecule has 0 radical (unpaired) electrons. The fraction of sp³-hybridized carbons (Fsp3) is 0.882. The molecule has 2 atom stereocenters. The Hall–Kier alpha value is -1.14. The lowest BCUT2D eigenvalue weighted by Gasteiger charge is -2.36. The molecule has 0 saturated carbocycles. The van der Waals surface area contributed by atoms with Gasteiger partial charge in [-0.25, -0.2) is 0 Å². The van der Waals surface area contributed by atoms with E-state index in [4.69, 9.17) is 4.74 Å². The van der Waals surface area contributed by atoms with Crippen molar-refractivity contribution in [2.45, 2.75) is 26.2 Å². The number of ether oxygens (including phenoxy) is 1. The largest absolute Gasteiger partial charge is 0.379 e. The van der Waals surface area contributed by atoms with Gasteiger partial charge in [0.05, 0.1) is 13.2 Å². The maximum Gasteiger partial charge on any atom is 0.222 e. The van der Waals surface area contributed by atoms with Crippen molar-refractivity contribution in [3.05, 3.63) is 0 Å². The van der Waals surface area contributed by atoms with Crippen LogP contribution in [0.5, 0.6) is 0 Å². The molecule has 3 heterocycles. The van der Waals surface area contributed by atoms with Gasteiger partial charge in [0.25, 0.3) is 0 Å². The Morgan fingerprint density at radius 2 is 1.83 bits per heavy atom. The summed E-state index contributed by atoms with van der Waals surface area (Å²) in [5.41, 5.74) is 0. The average molecular weight is 323 g/mol. The number of hydrogen-bond donors (Lipinski definition) is 0. The molecule has 3 aliphatic rings. The van der Waals surface area contributed by atoms with E-state index in [1.54, 1.807) is 6.92 Å². The van der Waals surface area contributed by atoms with Gasteiger partial charge in [-0.15, -0.1) is 0 Å². The molecular weight excluding hydrogens is 294 g/mol. The van der Waals surface area contributed by atoms with E-state index in [1.165, 1.54) is 0 Å². The van der Waals surface area contributed by atoms with Crippen molar-refractivity contribution in [3.63, 3.8) is 0 Å². The summed E-state index contributed by atoms with van der Waals surface area (Å²) in [4.78, 5) is 30.5. The molecular formula is C17H29N3O3. The summed E-state index contributed by atoms with van der Waals surface area (Å²) in [6, 6.07) is 0. The first-order chi connectivity index (χ1) is 11.1. The number of fused-ring (bicyclic) bond motifs is 1. The minimum atomic E-state index is 0.170. The van der Waals surface area contributed by atoms with Crippen LogP contribution in [0.15, 0.2) is 0 Å². The normalized spacial score (nSPS) is 30.0. The first-order valence-electron chi connectivity index (χ1n) is 8.97. The van der Waals surface area contributed by atoms with Crippen molar-refractivity contribution in [1.82, 2.24) is 14.7 Å². The summed E-state index contributed by atoms with van der Waals surface area (Å²) < 4.78 is 5.37. The van der Waals surface area contributed by atoms with E-state index in [2.05, 4.69) is 4.90 Å². The van der Waals surface area contributed by atoms with E-state index in [1.807, 2.05) is 9.80 Å². The standard InChI is InChI=1S/C17H29N3O3/c1-14(21)20-5-2-15-12-17(22)19(4-3-16(15)13-20)7-6-18-8-10-23-11-9-18/h15-16H,2-13H2,1H3. The minimum Gasteiger partial charge on any atom is -0.379 e. The Balaban J connectivity index is 1.52. The van der Waals surface area contributed by atoms with Crippen LogP contribution in [0.4, 0.5) is 0 Å². The molecule has 6 heteroatoms. The molecule has 3 fully saturated rings. The van der Waals surface area contributed by atoms with Crippen molar-refractivity contribution in [2.75, 3.05) is 59.0 Å². The summed E-state index contributed by atoms with van der Waals surface area (Å²) in [6.07, 6.45) is 2.68. The highest BCUT2D eigenvalue weighted by Crippen LogP contribution is 2.32. The molecule has 130 valence electrons. The van der Waals surface area contributed by atoms with E-state index >= 15 is 0 Å². The summed E-state index contributed by atoms with van der Waals surface area (Å²) in [5.74, 6) is 1.43. The van der Waals surface area contributed by atoms with Gasteiger partial charge in [-0.1, -0.05) is 0 Å². The first-order valence-corrected chi connectivity index (χ1v) is 8.97.